The van der Waals surface area contributed by atoms with Crippen LogP contribution in [0.1, 0.15) is 0 Å². The maximum atomic E-state index is 13.4. The molecule has 0 N–H and O–H groups in total. The molecular formula is C14F26O5. The van der Waals surface area contributed by atoms with Gasteiger partial charge in [0, 0.05) is 0 Å². The molecule has 0 aliphatic rings. The van der Waals surface area contributed by atoms with E-state index in [1.165, 1.54) is 9.47 Å². The SMILES string of the molecule is O=C(OC(F)(F)C(F)(F)C(F)(F)OC(F)(F)C(F)(F)C(F)(F)OC(=O)C(F)(C(F)(F)F)C(F)(F)F)C(F)(C(F)(F)F)C(F)(F)F. The second-order valence-electron chi connectivity index (χ2n) is 7.40. The zero-order valence-electron chi connectivity index (χ0n) is 18.9. The van der Waals surface area contributed by atoms with Crippen LogP contribution in [0.4, 0.5) is 114 Å². The topological polar surface area (TPSA) is 61.8 Å². The molecule has 0 radical (unpaired) electrons. The van der Waals surface area contributed by atoms with Crippen LogP contribution in [0.5, 0.6) is 0 Å². The summed E-state index contributed by atoms with van der Waals surface area (Å²) in [4.78, 5) is 21.4. The minimum Gasteiger partial charge on any atom is -0.393 e. The van der Waals surface area contributed by atoms with E-state index < -0.39 is 84.3 Å². The van der Waals surface area contributed by atoms with Crippen molar-refractivity contribution < 1.29 is 138 Å². The monoisotopic (exact) mass is 742 g/mol. The van der Waals surface area contributed by atoms with E-state index in [0.29, 0.717) is 0 Å². The first-order valence-corrected chi connectivity index (χ1v) is 9.05. The fraction of sp³-hybridized carbons (Fsp3) is 0.857. The van der Waals surface area contributed by atoms with Crippen molar-refractivity contribution in [3.63, 3.8) is 0 Å². The molecule has 5 nitrogen and oxygen atoms in total. The highest BCUT2D eigenvalue weighted by molar-refractivity contribution is 5.82. The predicted octanol–water partition coefficient (Wildman–Crippen LogP) is 7.40. The lowest BCUT2D eigenvalue weighted by Gasteiger charge is -2.37. The molecule has 0 aromatic carbocycles. The molecule has 0 unspecified atom stereocenters. The highest BCUT2D eigenvalue weighted by Crippen LogP contribution is 2.56. The van der Waals surface area contributed by atoms with E-state index in [1.54, 1.807) is 0 Å². The van der Waals surface area contributed by atoms with Gasteiger partial charge in [0.1, 0.15) is 0 Å². The van der Waals surface area contributed by atoms with Gasteiger partial charge in [0.25, 0.3) is 0 Å². The van der Waals surface area contributed by atoms with Crippen molar-refractivity contribution in [2.45, 2.75) is 72.3 Å². The highest BCUT2D eigenvalue weighted by Gasteiger charge is 2.87. The summed E-state index contributed by atoms with van der Waals surface area (Å²) in [5, 5.41) is 0. The molecular weight excluding hydrogens is 742 g/mol. The quantitative estimate of drug-likeness (QED) is 0.173. The zero-order valence-corrected chi connectivity index (χ0v) is 18.9. The van der Waals surface area contributed by atoms with Gasteiger partial charge in [0.2, 0.25) is 0 Å². The number of alkyl halides is 26. The molecule has 0 spiro atoms. The summed E-state index contributed by atoms with van der Waals surface area (Å²) >= 11 is 0. The van der Waals surface area contributed by atoms with Gasteiger partial charge < -0.3 is 9.47 Å². The Morgan fingerprint density at radius 3 is 0.644 bits per heavy atom. The summed E-state index contributed by atoms with van der Waals surface area (Å²) in [6.45, 7) is 0. The van der Waals surface area contributed by atoms with E-state index in [1.807, 2.05) is 0 Å². The number of halogens is 26. The lowest BCUT2D eigenvalue weighted by Crippen LogP contribution is -2.67. The standard InChI is InChI=1S/C14F26O5/c15-3(7(21,22)23,8(24,25)26)1(41)43-11(33,34)5(17,18)13(37,38)45-14(39,40)6(19,20)12(35,36)44-2(42)4(16,9(27,28)29)10(30,31)32. The molecule has 0 aromatic rings. The van der Waals surface area contributed by atoms with Crippen LogP contribution < -0.4 is 0 Å². The molecule has 0 aliphatic carbocycles. The van der Waals surface area contributed by atoms with Gasteiger partial charge in [-0.15, -0.1) is 0 Å². The number of carbonyl (C=O) groups is 2. The van der Waals surface area contributed by atoms with Crippen molar-refractivity contribution in [3.8, 4) is 0 Å². The number of carbonyl (C=O) groups excluding carboxylic acids is 2. The van der Waals surface area contributed by atoms with Gasteiger partial charge >= 0.3 is 84.3 Å². The fourth-order valence-corrected chi connectivity index (χ4v) is 1.91. The van der Waals surface area contributed by atoms with Crippen LogP contribution in [0.2, 0.25) is 0 Å². The minimum absolute atomic E-state index is 0.945. The lowest BCUT2D eigenvalue weighted by atomic mass is 10.1. The number of hydrogen-bond donors (Lipinski definition) is 0. The zero-order chi connectivity index (χ0) is 37.3. The van der Waals surface area contributed by atoms with Crippen LogP contribution in [0.3, 0.4) is 0 Å². The minimum atomic E-state index is -8.61. The smallest absolute Gasteiger partial charge is 0.393 e. The van der Waals surface area contributed by atoms with E-state index in [0.717, 1.165) is 4.74 Å². The molecule has 0 amide bonds. The summed E-state index contributed by atoms with van der Waals surface area (Å²) in [5.41, 5.74) is -15.7. The third kappa shape index (κ3) is 6.66. The number of rotatable bonds is 10. The molecule has 0 rings (SSSR count). The van der Waals surface area contributed by atoms with E-state index in [9.17, 15) is 124 Å². The Labute approximate surface area is 223 Å². The van der Waals surface area contributed by atoms with Gasteiger partial charge in [-0.05, 0) is 0 Å². The van der Waals surface area contributed by atoms with Crippen molar-refractivity contribution in [2.75, 3.05) is 0 Å². The van der Waals surface area contributed by atoms with E-state index in [-0.39, 0.29) is 0 Å². The maximum Gasteiger partial charge on any atom is 0.476 e. The summed E-state index contributed by atoms with van der Waals surface area (Å²) in [5.74, 6) is -27.9. The highest BCUT2D eigenvalue weighted by atomic mass is 19.4. The van der Waals surface area contributed by atoms with Crippen LogP contribution in [0.25, 0.3) is 0 Å². The average Bonchev–Trinajstić information content (AvgIpc) is 2.72. The first-order valence-electron chi connectivity index (χ1n) is 9.05. The van der Waals surface area contributed by atoms with E-state index in [4.69, 9.17) is 0 Å². The molecule has 45 heavy (non-hydrogen) atoms. The van der Waals surface area contributed by atoms with Crippen LogP contribution in [-0.4, -0.2) is 84.3 Å². The van der Waals surface area contributed by atoms with Crippen molar-refractivity contribution in [1.82, 2.24) is 0 Å². The van der Waals surface area contributed by atoms with E-state index >= 15 is 0 Å². The molecule has 268 valence electrons. The second kappa shape index (κ2) is 10.8. The first kappa shape index (κ1) is 42.1. The molecule has 0 fully saturated rings. The Bertz CT molecular complexity index is 993. The van der Waals surface area contributed by atoms with Crippen LogP contribution >= 0.6 is 0 Å². The van der Waals surface area contributed by atoms with Crippen molar-refractivity contribution in [1.29, 1.82) is 0 Å². The second-order valence-corrected chi connectivity index (χ2v) is 7.40. The molecule has 0 saturated carbocycles. The first-order chi connectivity index (χ1) is 19.0. The number of esters is 2. The molecule has 0 heterocycles. The van der Waals surface area contributed by atoms with E-state index in [2.05, 4.69) is 0 Å². The lowest BCUT2D eigenvalue weighted by molar-refractivity contribution is -0.524. The van der Waals surface area contributed by atoms with Crippen LogP contribution in [0.15, 0.2) is 0 Å². The normalized spacial score (nSPS) is 16.0. The Balaban J connectivity index is 6.65. The van der Waals surface area contributed by atoms with Gasteiger partial charge in [-0.25, -0.2) is 23.1 Å². The summed E-state index contributed by atoms with van der Waals surface area (Å²) < 4.78 is 338. The van der Waals surface area contributed by atoms with Crippen LogP contribution in [-0.2, 0) is 23.8 Å². The molecule has 0 aliphatic heterocycles. The van der Waals surface area contributed by atoms with Gasteiger partial charge in [0.05, 0.1) is 0 Å². The maximum absolute atomic E-state index is 13.4. The van der Waals surface area contributed by atoms with Gasteiger partial charge in [0.15, 0.2) is 0 Å². The van der Waals surface area contributed by atoms with Crippen molar-refractivity contribution in [2.24, 2.45) is 0 Å². The van der Waals surface area contributed by atoms with Crippen molar-refractivity contribution >= 4 is 11.9 Å². The fourth-order valence-electron chi connectivity index (χ4n) is 1.91. The molecule has 0 bridgehead atoms. The summed E-state index contributed by atoms with van der Waals surface area (Å²) in [6, 6.07) is 0. The molecule has 0 saturated heterocycles. The van der Waals surface area contributed by atoms with Gasteiger partial charge in [-0.2, -0.15) is 105 Å². The Kier molecular flexibility index (Phi) is 10.1. The predicted molar refractivity (Wildman–Crippen MR) is 74.8 cm³/mol. The Morgan fingerprint density at radius 2 is 0.489 bits per heavy atom. The number of hydrogen-bond acceptors (Lipinski definition) is 5. The van der Waals surface area contributed by atoms with Gasteiger partial charge in [-0.1, -0.05) is 0 Å². The third-order valence-electron chi connectivity index (χ3n) is 4.29. The van der Waals surface area contributed by atoms with Crippen LogP contribution in [0, 0.1) is 0 Å². The summed E-state index contributed by atoms with van der Waals surface area (Å²) in [7, 11) is 0. The molecule has 0 atom stereocenters. The average molecular weight is 742 g/mol. The van der Waals surface area contributed by atoms with Crippen molar-refractivity contribution in [3.05, 3.63) is 0 Å². The molecule has 31 heteroatoms. The van der Waals surface area contributed by atoms with Gasteiger partial charge in [-0.3, -0.25) is 0 Å². The number of ether oxygens (including phenoxy) is 3. The largest absolute Gasteiger partial charge is 0.476 e. The Morgan fingerprint density at radius 1 is 0.311 bits per heavy atom. The third-order valence-corrected chi connectivity index (χ3v) is 4.29. The summed E-state index contributed by atoms with van der Waals surface area (Å²) in [6.07, 6.45) is -65.0. The molecule has 0 aromatic heterocycles. The Hall–Kier alpha value is -2.92.